The fraction of sp³-hybridized carbons (Fsp3) is 0.553. The number of ketones is 1. The van der Waals surface area contributed by atoms with Gasteiger partial charge in [-0.1, -0.05) is 62.4 Å². The maximum Gasteiger partial charge on any atom is 0.408 e. The van der Waals surface area contributed by atoms with E-state index in [0.717, 1.165) is 0 Å². The second-order valence-electron chi connectivity index (χ2n) is 18.8. The van der Waals surface area contributed by atoms with Crippen LogP contribution in [-0.4, -0.2) is 111 Å². The smallest absolute Gasteiger partial charge is 0.408 e. The Bertz CT molecular complexity index is 2180. The number of fused-ring (bicyclic) bond motifs is 5. The average Bonchev–Trinajstić information content (AvgIpc) is 3.21. The standard InChI is InChI=1S/C47H57NO16/c1-24-29(60-42(57)38(61-33(53)20-19-32(51)52)35(26-15-11-9-12-16-26)48-43(58)64-44(3,4)5)21-28-37(62-41(56)27-17-13-10-14-18-27)39-46(8,40(55)36(54)34(24)45(28,6)7)30(50)22-31-47(39,23-59-31)63-25(2)49/h9-18,28-31,35-39,50,54H,19-23H2,1-8H3,(H,48,58)(H,51,52)/t28-,29+,30+,31?,35+,36-,37-,38-,39+,46-,47?/m0/s1. The van der Waals surface area contributed by atoms with Crippen LogP contribution in [0.2, 0.25) is 0 Å². The van der Waals surface area contributed by atoms with E-state index >= 15 is 4.79 Å². The number of rotatable bonds is 12. The van der Waals surface area contributed by atoms with Gasteiger partial charge in [0.25, 0.3) is 0 Å². The molecule has 2 aromatic rings. The molecule has 4 N–H and O–H groups in total. The maximum absolute atomic E-state index is 15.1. The fourth-order valence-electron chi connectivity index (χ4n) is 10.2. The van der Waals surface area contributed by atoms with Gasteiger partial charge in [-0.3, -0.25) is 19.2 Å². The molecular formula is C47H57NO16. The summed E-state index contributed by atoms with van der Waals surface area (Å²) in [5.74, 6) is -8.26. The van der Waals surface area contributed by atoms with Crippen LogP contribution in [0.3, 0.4) is 0 Å². The normalized spacial score (nSPS) is 30.3. The quantitative estimate of drug-likeness (QED) is 0.130. The van der Waals surface area contributed by atoms with Crippen molar-refractivity contribution in [1.29, 1.82) is 0 Å². The number of benzene rings is 2. The van der Waals surface area contributed by atoms with Gasteiger partial charge in [0.15, 0.2) is 11.4 Å². The number of alkyl carbamates (subject to hydrolysis) is 1. The number of esters is 4. The summed E-state index contributed by atoms with van der Waals surface area (Å²) in [7, 11) is 0. The Hall–Kier alpha value is -5.65. The van der Waals surface area contributed by atoms with Crippen molar-refractivity contribution in [3.8, 4) is 0 Å². The number of carbonyl (C=O) groups excluding carboxylic acids is 6. The molecule has 2 aromatic carbocycles. The Morgan fingerprint density at radius 2 is 1.53 bits per heavy atom. The number of amides is 1. The predicted molar refractivity (Wildman–Crippen MR) is 223 cm³/mol. The van der Waals surface area contributed by atoms with Crippen LogP contribution in [0.15, 0.2) is 71.8 Å². The first kappa shape index (κ1) is 47.8. The highest BCUT2D eigenvalue weighted by Gasteiger charge is 2.75. The zero-order chi connectivity index (χ0) is 47.1. The molecule has 17 nitrogen and oxygen atoms in total. The van der Waals surface area contributed by atoms with Crippen LogP contribution < -0.4 is 5.32 Å². The van der Waals surface area contributed by atoms with Crippen LogP contribution in [-0.2, 0) is 52.4 Å². The number of aliphatic carboxylic acids is 1. The lowest BCUT2D eigenvalue weighted by Gasteiger charge is -2.65. The van der Waals surface area contributed by atoms with E-state index < -0.39 is 131 Å². The van der Waals surface area contributed by atoms with E-state index in [-0.39, 0.29) is 41.7 Å². The number of aliphatic hydroxyl groups excluding tert-OH is 2. The molecule has 1 amide bonds. The molecule has 0 aromatic heterocycles. The molecule has 1 heterocycles. The molecule has 4 aliphatic rings. The third-order valence-corrected chi connectivity index (χ3v) is 13.1. The van der Waals surface area contributed by atoms with E-state index in [2.05, 4.69) is 5.32 Å². The highest BCUT2D eigenvalue weighted by Crippen LogP contribution is 2.63. The number of carboxylic acid groups (broad SMARTS) is 1. The summed E-state index contributed by atoms with van der Waals surface area (Å²) in [6, 6.07) is 14.6. The van der Waals surface area contributed by atoms with Crippen molar-refractivity contribution in [2.45, 2.75) is 135 Å². The van der Waals surface area contributed by atoms with E-state index in [9.17, 15) is 44.1 Å². The first-order valence-electron chi connectivity index (χ1n) is 21.3. The number of ether oxygens (including phenoxy) is 6. The van der Waals surface area contributed by atoms with Crippen molar-refractivity contribution in [2.24, 2.45) is 22.7 Å². The molecule has 3 aliphatic carbocycles. The van der Waals surface area contributed by atoms with Gasteiger partial charge in [0.2, 0.25) is 6.10 Å². The number of aliphatic hydroxyl groups is 2. The number of hydrogen-bond donors (Lipinski definition) is 4. The molecule has 1 saturated heterocycles. The SMILES string of the molecule is CC(=O)OC12COC1C[C@@H](O)[C@]1(C)C(=O)[C@@H](O)C3=C(C)[C@H](OC(=O)[C@@H](OC(=O)CCC(=O)O)[C@H](NC(=O)OC(C)(C)C)c4ccccc4)C[C@@H]([C@H](OC(=O)c4ccccc4)[C@@H]21)C3(C)C. The molecule has 2 saturated carbocycles. The minimum Gasteiger partial charge on any atom is -0.481 e. The van der Waals surface area contributed by atoms with Gasteiger partial charge in [0.05, 0.1) is 42.4 Å². The van der Waals surface area contributed by atoms with Crippen molar-refractivity contribution >= 4 is 41.7 Å². The van der Waals surface area contributed by atoms with Gasteiger partial charge in [0.1, 0.15) is 36.1 Å². The molecule has 2 unspecified atom stereocenters. The van der Waals surface area contributed by atoms with Crippen LogP contribution in [0.5, 0.6) is 0 Å². The molecule has 6 rings (SSSR count). The molecule has 0 radical (unpaired) electrons. The van der Waals surface area contributed by atoms with Gasteiger partial charge < -0.3 is 49.1 Å². The number of carboxylic acids is 1. The molecule has 1 aliphatic heterocycles. The minimum absolute atomic E-state index is 0.120. The first-order chi connectivity index (χ1) is 29.9. The number of nitrogens with one attached hydrogen (secondary N) is 1. The molecule has 346 valence electrons. The van der Waals surface area contributed by atoms with E-state index in [0.29, 0.717) is 0 Å². The summed E-state index contributed by atoms with van der Waals surface area (Å²) in [5.41, 5.74) is -4.93. The molecule has 64 heavy (non-hydrogen) atoms. The van der Waals surface area contributed by atoms with Crippen molar-refractivity contribution in [2.75, 3.05) is 6.61 Å². The van der Waals surface area contributed by atoms with Crippen molar-refractivity contribution in [3.63, 3.8) is 0 Å². The van der Waals surface area contributed by atoms with Crippen molar-refractivity contribution in [1.82, 2.24) is 5.32 Å². The predicted octanol–water partition coefficient (Wildman–Crippen LogP) is 4.56. The topological polar surface area (TPSA) is 248 Å². The lowest BCUT2D eigenvalue weighted by atomic mass is 9.46. The highest BCUT2D eigenvalue weighted by molar-refractivity contribution is 5.94. The van der Waals surface area contributed by atoms with Gasteiger partial charge >= 0.3 is 35.9 Å². The fourth-order valence-corrected chi connectivity index (χ4v) is 10.2. The largest absolute Gasteiger partial charge is 0.481 e. The molecule has 11 atom stereocenters. The van der Waals surface area contributed by atoms with E-state index in [1.807, 2.05) is 0 Å². The van der Waals surface area contributed by atoms with Crippen LogP contribution >= 0.6 is 0 Å². The van der Waals surface area contributed by atoms with Crippen LogP contribution in [0.4, 0.5) is 4.79 Å². The first-order valence-corrected chi connectivity index (χ1v) is 21.3. The van der Waals surface area contributed by atoms with Crippen molar-refractivity contribution in [3.05, 3.63) is 82.9 Å². The molecule has 2 bridgehead atoms. The zero-order valence-corrected chi connectivity index (χ0v) is 37.2. The Morgan fingerprint density at radius 1 is 0.906 bits per heavy atom. The summed E-state index contributed by atoms with van der Waals surface area (Å²) >= 11 is 0. The highest BCUT2D eigenvalue weighted by atomic mass is 16.6. The summed E-state index contributed by atoms with van der Waals surface area (Å²) in [6.07, 6.45) is -11.5. The van der Waals surface area contributed by atoms with Crippen LogP contribution in [0, 0.1) is 22.7 Å². The second-order valence-corrected chi connectivity index (χ2v) is 18.8. The van der Waals surface area contributed by atoms with E-state index in [1.165, 1.54) is 26.0 Å². The monoisotopic (exact) mass is 891 g/mol. The Morgan fingerprint density at radius 3 is 2.09 bits per heavy atom. The Labute approximate surface area is 370 Å². The molecule has 0 spiro atoms. The molecule has 3 fully saturated rings. The van der Waals surface area contributed by atoms with Gasteiger partial charge in [-0.05, 0) is 75.3 Å². The number of hydrogen-bond acceptors (Lipinski definition) is 15. The van der Waals surface area contributed by atoms with Crippen LogP contribution in [0.25, 0.3) is 0 Å². The lowest BCUT2D eigenvalue weighted by molar-refractivity contribution is -0.335. The lowest BCUT2D eigenvalue weighted by Crippen LogP contribution is -2.79. The Balaban J connectivity index is 1.49. The number of carbonyl (C=O) groups is 7. The number of Topliss-reactive ketones (excluding diaryl/α,β-unsaturated/α-hetero) is 1. The summed E-state index contributed by atoms with van der Waals surface area (Å²) < 4.78 is 35.9. The zero-order valence-electron chi connectivity index (χ0n) is 37.2. The van der Waals surface area contributed by atoms with Gasteiger partial charge in [-0.2, -0.15) is 0 Å². The third kappa shape index (κ3) is 9.15. The summed E-state index contributed by atoms with van der Waals surface area (Å²) in [6.45, 7) is 12.3. The summed E-state index contributed by atoms with van der Waals surface area (Å²) in [5, 5.41) is 36.2. The average molecular weight is 892 g/mol. The summed E-state index contributed by atoms with van der Waals surface area (Å²) in [4.78, 5) is 95.0. The third-order valence-electron chi connectivity index (χ3n) is 13.1. The second kappa shape index (κ2) is 18.1. The van der Waals surface area contributed by atoms with E-state index in [1.54, 1.807) is 90.1 Å². The maximum atomic E-state index is 15.1. The van der Waals surface area contributed by atoms with Gasteiger partial charge in [-0.25, -0.2) is 14.4 Å². The van der Waals surface area contributed by atoms with Gasteiger partial charge in [-0.15, -0.1) is 0 Å². The van der Waals surface area contributed by atoms with Crippen molar-refractivity contribution < 1.29 is 77.3 Å². The van der Waals surface area contributed by atoms with Crippen LogP contribution in [0.1, 0.15) is 103 Å². The van der Waals surface area contributed by atoms with E-state index in [4.69, 9.17) is 28.4 Å². The molecule has 17 heteroatoms. The minimum atomic E-state index is -1.95. The molecular weight excluding hydrogens is 835 g/mol. The van der Waals surface area contributed by atoms with Gasteiger partial charge in [0, 0.05) is 19.3 Å². The Kier molecular flexibility index (Phi) is 13.5.